The van der Waals surface area contributed by atoms with Crippen molar-refractivity contribution in [1.82, 2.24) is 0 Å². The molecule has 0 fully saturated rings. The second-order valence-electron chi connectivity index (χ2n) is 9.11. The molecule has 0 radical (unpaired) electrons. The van der Waals surface area contributed by atoms with Gasteiger partial charge in [0.25, 0.3) is 11.4 Å². The minimum atomic E-state index is -5.13. The first-order chi connectivity index (χ1) is 21.4. The summed E-state index contributed by atoms with van der Waals surface area (Å²) < 4.78 is 91.9. The van der Waals surface area contributed by atoms with Crippen LogP contribution in [-0.2, 0) is 12.4 Å². The van der Waals surface area contributed by atoms with Crippen LogP contribution in [0.1, 0.15) is 31.8 Å². The summed E-state index contributed by atoms with van der Waals surface area (Å²) in [7, 11) is 0. The number of nitro groups is 2. The molecule has 0 spiro atoms. The highest BCUT2D eigenvalue weighted by atomic mass is 19.4. The Morgan fingerprint density at radius 1 is 0.565 bits per heavy atom. The van der Waals surface area contributed by atoms with Crippen molar-refractivity contribution in [2.75, 3.05) is 0 Å². The second kappa shape index (κ2) is 12.1. The van der Waals surface area contributed by atoms with Crippen molar-refractivity contribution in [3.63, 3.8) is 0 Å². The van der Waals surface area contributed by atoms with E-state index < -0.39 is 90.8 Å². The molecule has 0 aliphatic carbocycles. The van der Waals surface area contributed by atoms with Crippen LogP contribution in [0.5, 0.6) is 23.0 Å². The summed E-state index contributed by atoms with van der Waals surface area (Å²) in [5.41, 5.74) is -6.40. The Hall–Kier alpha value is -6.20. The first kappa shape index (κ1) is 32.7. The zero-order chi connectivity index (χ0) is 34.1. The van der Waals surface area contributed by atoms with E-state index >= 15 is 0 Å². The summed E-state index contributed by atoms with van der Waals surface area (Å²) >= 11 is 0. The number of nitrogens with zero attached hydrogens (tertiary/aromatic N) is 2. The van der Waals surface area contributed by atoms with Crippen molar-refractivity contribution in [2.24, 2.45) is 0 Å². The van der Waals surface area contributed by atoms with E-state index in [1.165, 1.54) is 0 Å². The van der Waals surface area contributed by atoms with Crippen molar-refractivity contribution in [1.29, 1.82) is 0 Å². The maximum Gasteiger partial charge on any atom is 0.420 e. The molecule has 0 aliphatic rings. The van der Waals surface area contributed by atoms with Crippen LogP contribution in [0.2, 0.25) is 0 Å². The van der Waals surface area contributed by atoms with Crippen LogP contribution in [-0.4, -0.2) is 32.0 Å². The van der Waals surface area contributed by atoms with Gasteiger partial charge in [0.2, 0.25) is 0 Å². The van der Waals surface area contributed by atoms with Crippen LogP contribution in [0.15, 0.2) is 72.8 Å². The lowest BCUT2D eigenvalue weighted by Gasteiger charge is -2.16. The van der Waals surface area contributed by atoms with E-state index in [1.807, 2.05) is 0 Å². The summed E-state index contributed by atoms with van der Waals surface area (Å²) in [6.45, 7) is 0. The number of rotatable bonds is 9. The van der Waals surface area contributed by atoms with Crippen LogP contribution in [0.3, 0.4) is 0 Å². The van der Waals surface area contributed by atoms with Crippen LogP contribution >= 0.6 is 0 Å². The Balaban J connectivity index is 1.74. The number of carboxylic acids is 2. The molecule has 4 aromatic rings. The van der Waals surface area contributed by atoms with Crippen molar-refractivity contribution in [2.45, 2.75) is 12.4 Å². The van der Waals surface area contributed by atoms with Crippen LogP contribution in [0.25, 0.3) is 11.1 Å². The Morgan fingerprint density at radius 3 is 1.17 bits per heavy atom. The molecule has 4 rings (SSSR count). The molecule has 12 nitrogen and oxygen atoms in total. The molecule has 0 atom stereocenters. The molecule has 0 heterocycles. The third-order valence-electron chi connectivity index (χ3n) is 6.15. The van der Waals surface area contributed by atoms with Gasteiger partial charge in [0, 0.05) is 24.3 Å². The van der Waals surface area contributed by atoms with Gasteiger partial charge in [0.15, 0.2) is 0 Å². The number of benzene rings is 4. The van der Waals surface area contributed by atoms with Crippen molar-refractivity contribution >= 4 is 23.3 Å². The molecule has 2 N–H and O–H groups in total. The Bertz CT molecular complexity index is 1770. The number of hydrogen-bond acceptors (Lipinski definition) is 8. The molecule has 0 saturated carbocycles. The molecule has 0 aliphatic heterocycles. The lowest BCUT2D eigenvalue weighted by Crippen LogP contribution is -2.09. The molecule has 0 bridgehead atoms. The van der Waals surface area contributed by atoms with Gasteiger partial charge in [-0.05, 0) is 47.5 Å². The molecular formula is C28H14F6N2O10. The van der Waals surface area contributed by atoms with Gasteiger partial charge >= 0.3 is 24.3 Å². The highest BCUT2D eigenvalue weighted by Crippen LogP contribution is 2.43. The quantitative estimate of drug-likeness (QED) is 0.102. The van der Waals surface area contributed by atoms with Crippen molar-refractivity contribution in [3.05, 3.63) is 115 Å². The topological polar surface area (TPSA) is 179 Å². The molecule has 18 heteroatoms. The minimum Gasteiger partial charge on any atom is -0.478 e. The van der Waals surface area contributed by atoms with Gasteiger partial charge in [0.1, 0.15) is 45.3 Å². The number of hydrogen-bond donors (Lipinski definition) is 2. The van der Waals surface area contributed by atoms with Crippen LogP contribution < -0.4 is 9.47 Å². The lowest BCUT2D eigenvalue weighted by atomic mass is 9.99. The van der Waals surface area contributed by atoms with Crippen molar-refractivity contribution < 1.29 is 65.5 Å². The van der Waals surface area contributed by atoms with Gasteiger partial charge in [0.05, 0.1) is 9.85 Å². The van der Waals surface area contributed by atoms with Gasteiger partial charge < -0.3 is 19.7 Å². The Labute approximate surface area is 251 Å². The van der Waals surface area contributed by atoms with Gasteiger partial charge in [-0.3, -0.25) is 20.2 Å². The van der Waals surface area contributed by atoms with E-state index in [-0.39, 0.29) is 23.3 Å². The standard InChI is InChI=1S/C28H14F6N2O10/c29-27(30,31)19-11-15(35(41)42)3-7-23(19)45-21-5-1-13(9-17(21)25(37)38)14-2-6-22(18(10-14)26(39)40)46-24-8-4-16(36(43)44)12-20(24)28(32,33)34/h1-12H,(H,37,38)(H,39,40). The van der Waals surface area contributed by atoms with E-state index in [2.05, 4.69) is 0 Å². The zero-order valence-corrected chi connectivity index (χ0v) is 22.3. The highest BCUT2D eigenvalue weighted by Gasteiger charge is 2.38. The third-order valence-corrected chi connectivity index (χ3v) is 6.15. The first-order valence-electron chi connectivity index (χ1n) is 12.2. The van der Waals surface area contributed by atoms with Gasteiger partial charge in [-0.25, -0.2) is 9.59 Å². The lowest BCUT2D eigenvalue weighted by molar-refractivity contribution is -0.385. The summed E-state index contributed by atoms with van der Waals surface area (Å²) in [5, 5.41) is 41.3. The van der Waals surface area contributed by atoms with E-state index in [1.54, 1.807) is 0 Å². The molecule has 0 amide bonds. The number of alkyl halides is 6. The molecule has 0 unspecified atom stereocenters. The number of halogens is 6. The monoisotopic (exact) mass is 652 g/mol. The van der Waals surface area contributed by atoms with Gasteiger partial charge in [-0.2, -0.15) is 26.3 Å². The number of carbonyl (C=O) groups is 2. The minimum absolute atomic E-state index is 0.0233. The van der Waals surface area contributed by atoms with E-state index in [0.29, 0.717) is 24.3 Å². The fraction of sp³-hybridized carbons (Fsp3) is 0.0714. The smallest absolute Gasteiger partial charge is 0.420 e. The second-order valence-corrected chi connectivity index (χ2v) is 9.11. The average molecular weight is 652 g/mol. The predicted molar refractivity (Wildman–Crippen MR) is 142 cm³/mol. The number of carboxylic acid groups (broad SMARTS) is 2. The normalized spacial score (nSPS) is 11.5. The zero-order valence-electron chi connectivity index (χ0n) is 22.3. The summed E-state index contributed by atoms with van der Waals surface area (Å²) in [4.78, 5) is 43.7. The van der Waals surface area contributed by atoms with Crippen LogP contribution in [0, 0.1) is 20.2 Å². The van der Waals surface area contributed by atoms with E-state index in [0.717, 1.165) is 36.4 Å². The molecule has 4 aromatic carbocycles. The SMILES string of the molecule is O=C(O)c1cc(-c2ccc(Oc3ccc([N+](=O)[O-])cc3C(F)(F)F)c(C(=O)O)c2)ccc1Oc1ccc([N+](=O)[O-])cc1C(F)(F)F. The van der Waals surface area contributed by atoms with Gasteiger partial charge in [-0.15, -0.1) is 0 Å². The number of non-ortho nitro benzene ring substituents is 2. The summed E-state index contributed by atoms with van der Waals surface area (Å²) in [6, 6.07) is 9.09. The maximum atomic E-state index is 13.6. The maximum absolute atomic E-state index is 13.6. The molecule has 46 heavy (non-hydrogen) atoms. The largest absolute Gasteiger partial charge is 0.478 e. The molecular weight excluding hydrogens is 638 g/mol. The van der Waals surface area contributed by atoms with Crippen molar-refractivity contribution in [3.8, 4) is 34.1 Å². The first-order valence-corrected chi connectivity index (χ1v) is 12.2. The number of ether oxygens (including phenoxy) is 2. The van der Waals surface area contributed by atoms with E-state index in [9.17, 15) is 66.4 Å². The Morgan fingerprint density at radius 2 is 0.891 bits per heavy atom. The fourth-order valence-corrected chi connectivity index (χ4v) is 4.05. The molecule has 0 saturated heterocycles. The average Bonchev–Trinajstić information content (AvgIpc) is 2.96. The summed E-state index contributed by atoms with van der Waals surface area (Å²) in [6.07, 6.45) is -10.3. The van der Waals surface area contributed by atoms with Crippen LogP contribution in [0.4, 0.5) is 37.7 Å². The molecule has 0 aromatic heterocycles. The Kier molecular flexibility index (Phi) is 8.58. The predicted octanol–water partition coefficient (Wildman–Crippen LogP) is 8.19. The summed E-state index contributed by atoms with van der Waals surface area (Å²) in [5.74, 6) is -6.52. The molecule has 238 valence electrons. The third kappa shape index (κ3) is 6.95. The highest BCUT2D eigenvalue weighted by molar-refractivity contribution is 5.95. The number of nitro benzene ring substituents is 2. The van der Waals surface area contributed by atoms with E-state index in [4.69, 9.17) is 9.47 Å². The number of aromatic carboxylic acids is 2. The van der Waals surface area contributed by atoms with Gasteiger partial charge in [-0.1, -0.05) is 12.1 Å². The fourth-order valence-electron chi connectivity index (χ4n) is 4.05.